The van der Waals surface area contributed by atoms with Crippen LogP contribution in [0.15, 0.2) is 52.9 Å². The molecule has 8 nitrogen and oxygen atoms in total. The van der Waals surface area contributed by atoms with Crippen LogP contribution in [0.25, 0.3) is 0 Å². The molecule has 4 rings (SSSR count). The van der Waals surface area contributed by atoms with Gasteiger partial charge in [0.2, 0.25) is 0 Å². The number of furan rings is 1. The zero-order chi connectivity index (χ0) is 25.8. The fraction of sp³-hybridized carbons (Fsp3) is 0.296. The van der Waals surface area contributed by atoms with E-state index in [9.17, 15) is 18.8 Å². The maximum absolute atomic E-state index is 13.3. The second-order valence-corrected chi connectivity index (χ2v) is 8.62. The number of fused-ring (bicyclic) bond motifs is 1. The van der Waals surface area contributed by atoms with Gasteiger partial charge >= 0.3 is 0 Å². The number of anilines is 1. The van der Waals surface area contributed by atoms with Crippen LogP contribution in [-0.2, 0) is 11.3 Å². The standard InChI is InChI=1S/C27H27FN2O6/c1-4-17(3)29-27(33)25-10-7-20(36-25)13-30-21-12-18(5-8-24(21)35-15-26(30)32)22(31)14-34-23-9-6-19(28)11-16(23)2/h5-12,17H,4,13-15H2,1-3H3,(H,29,33)/t17-/m0/s1. The van der Waals surface area contributed by atoms with Crippen LogP contribution in [0, 0.1) is 12.7 Å². The van der Waals surface area contributed by atoms with Crippen molar-refractivity contribution in [2.75, 3.05) is 18.1 Å². The Kier molecular flexibility index (Phi) is 7.38. The number of Topliss-reactive ketones (excluding diaryl/α,β-unsaturated/α-hetero) is 1. The Balaban J connectivity index is 1.49. The van der Waals surface area contributed by atoms with E-state index in [4.69, 9.17) is 13.9 Å². The molecule has 2 heterocycles. The third-order valence-electron chi connectivity index (χ3n) is 5.91. The highest BCUT2D eigenvalue weighted by Crippen LogP contribution is 2.34. The van der Waals surface area contributed by atoms with E-state index in [1.165, 1.54) is 23.1 Å². The Hall–Kier alpha value is -4.14. The van der Waals surface area contributed by atoms with E-state index < -0.39 is 0 Å². The Morgan fingerprint density at radius 2 is 1.97 bits per heavy atom. The molecule has 0 fully saturated rings. The lowest BCUT2D eigenvalue weighted by Gasteiger charge is -2.29. The largest absolute Gasteiger partial charge is 0.485 e. The van der Waals surface area contributed by atoms with Crippen LogP contribution >= 0.6 is 0 Å². The molecule has 1 aromatic heterocycles. The summed E-state index contributed by atoms with van der Waals surface area (Å²) < 4.78 is 30.1. The first-order valence-electron chi connectivity index (χ1n) is 11.6. The van der Waals surface area contributed by atoms with Crippen LogP contribution in [0.4, 0.5) is 10.1 Å². The average Bonchev–Trinajstić information content (AvgIpc) is 3.33. The summed E-state index contributed by atoms with van der Waals surface area (Å²) in [6.07, 6.45) is 0.786. The molecule has 1 aliphatic heterocycles. The van der Waals surface area contributed by atoms with Crippen LogP contribution in [0.1, 0.15) is 52.5 Å². The quantitative estimate of drug-likeness (QED) is 0.442. The third-order valence-corrected chi connectivity index (χ3v) is 5.91. The van der Waals surface area contributed by atoms with Crippen molar-refractivity contribution in [3.8, 4) is 11.5 Å². The van der Waals surface area contributed by atoms with Crippen LogP contribution < -0.4 is 19.7 Å². The normalized spacial score (nSPS) is 13.6. The molecular formula is C27H27FN2O6. The molecule has 9 heteroatoms. The third kappa shape index (κ3) is 5.56. The zero-order valence-electron chi connectivity index (χ0n) is 20.3. The minimum absolute atomic E-state index is 0.00524. The molecular weight excluding hydrogens is 467 g/mol. The van der Waals surface area contributed by atoms with E-state index in [-0.39, 0.29) is 55.0 Å². The number of hydrogen-bond donors (Lipinski definition) is 1. The molecule has 3 aromatic rings. The molecule has 36 heavy (non-hydrogen) atoms. The molecule has 0 aliphatic carbocycles. The molecule has 1 aliphatic rings. The molecule has 0 bridgehead atoms. The number of hydrogen-bond acceptors (Lipinski definition) is 6. The predicted octanol–water partition coefficient (Wildman–Crippen LogP) is 4.44. The molecule has 0 spiro atoms. The van der Waals surface area contributed by atoms with Crippen molar-refractivity contribution in [3.63, 3.8) is 0 Å². The first-order chi connectivity index (χ1) is 17.2. The van der Waals surface area contributed by atoms with Crippen molar-refractivity contribution in [2.24, 2.45) is 0 Å². The second-order valence-electron chi connectivity index (χ2n) is 8.62. The molecule has 188 valence electrons. The highest BCUT2D eigenvalue weighted by Gasteiger charge is 2.28. The SMILES string of the molecule is CC[C@H](C)NC(=O)c1ccc(CN2C(=O)COc3ccc(C(=O)COc4ccc(F)cc4C)cc32)o1. The molecule has 2 amide bonds. The number of nitrogens with one attached hydrogen (secondary N) is 1. The first kappa shape index (κ1) is 25.0. The van der Waals surface area contributed by atoms with Crippen molar-refractivity contribution in [3.05, 3.63) is 77.0 Å². The second kappa shape index (κ2) is 10.6. The fourth-order valence-electron chi connectivity index (χ4n) is 3.69. The number of halogens is 1. The van der Waals surface area contributed by atoms with Gasteiger partial charge < -0.3 is 19.2 Å². The lowest BCUT2D eigenvalue weighted by molar-refractivity contribution is -0.121. The Morgan fingerprint density at radius 3 is 2.72 bits per heavy atom. The van der Waals surface area contributed by atoms with Gasteiger partial charge in [0.15, 0.2) is 24.8 Å². The molecule has 0 saturated carbocycles. The van der Waals surface area contributed by atoms with Crippen LogP contribution in [0.2, 0.25) is 0 Å². The Labute approximate surface area is 208 Å². The lowest BCUT2D eigenvalue weighted by Crippen LogP contribution is -2.38. The summed E-state index contributed by atoms with van der Waals surface area (Å²) in [6.45, 7) is 5.21. The van der Waals surface area contributed by atoms with Crippen molar-refractivity contribution in [2.45, 2.75) is 39.8 Å². The van der Waals surface area contributed by atoms with Crippen LogP contribution in [0.5, 0.6) is 11.5 Å². The summed E-state index contributed by atoms with van der Waals surface area (Å²) in [5.74, 6) is 0.0881. The fourth-order valence-corrected chi connectivity index (χ4v) is 3.69. The minimum atomic E-state index is -0.384. The van der Waals surface area contributed by atoms with Crippen molar-refractivity contribution in [1.82, 2.24) is 5.32 Å². The number of nitrogens with zero attached hydrogens (tertiary/aromatic N) is 1. The lowest BCUT2D eigenvalue weighted by atomic mass is 10.1. The summed E-state index contributed by atoms with van der Waals surface area (Å²) in [5.41, 5.74) is 1.32. The highest BCUT2D eigenvalue weighted by atomic mass is 19.1. The van der Waals surface area contributed by atoms with Crippen LogP contribution in [0.3, 0.4) is 0 Å². The van der Waals surface area contributed by atoms with Crippen molar-refractivity contribution >= 4 is 23.3 Å². The Morgan fingerprint density at radius 1 is 1.17 bits per heavy atom. The van der Waals surface area contributed by atoms with Gasteiger partial charge in [-0.1, -0.05) is 6.92 Å². The van der Waals surface area contributed by atoms with E-state index in [1.54, 1.807) is 37.3 Å². The molecule has 1 N–H and O–H groups in total. The molecule has 0 saturated heterocycles. The van der Waals surface area contributed by atoms with Gasteiger partial charge in [0.1, 0.15) is 23.1 Å². The predicted molar refractivity (Wildman–Crippen MR) is 130 cm³/mol. The van der Waals surface area contributed by atoms with Crippen molar-refractivity contribution in [1.29, 1.82) is 0 Å². The zero-order valence-corrected chi connectivity index (χ0v) is 20.3. The monoisotopic (exact) mass is 494 g/mol. The van der Waals surface area contributed by atoms with Gasteiger partial charge in [-0.25, -0.2) is 4.39 Å². The van der Waals surface area contributed by atoms with Gasteiger partial charge in [0, 0.05) is 11.6 Å². The number of carbonyl (C=O) groups excluding carboxylic acids is 3. The summed E-state index contributed by atoms with van der Waals surface area (Å²) in [4.78, 5) is 39.3. The molecule has 2 aromatic carbocycles. The number of carbonyl (C=O) groups is 3. The average molecular weight is 495 g/mol. The van der Waals surface area contributed by atoms with Gasteiger partial charge in [-0.05, 0) is 74.4 Å². The number of rotatable bonds is 9. The molecule has 1 atom stereocenters. The van der Waals surface area contributed by atoms with Gasteiger partial charge in [-0.3, -0.25) is 19.3 Å². The van der Waals surface area contributed by atoms with Crippen LogP contribution in [-0.4, -0.2) is 36.9 Å². The summed E-state index contributed by atoms with van der Waals surface area (Å²) in [6, 6.07) is 12.1. The van der Waals surface area contributed by atoms with Crippen molar-refractivity contribution < 1.29 is 32.7 Å². The Bertz CT molecular complexity index is 1300. The first-order valence-corrected chi connectivity index (χ1v) is 11.6. The maximum Gasteiger partial charge on any atom is 0.287 e. The van der Waals surface area contributed by atoms with Gasteiger partial charge in [-0.2, -0.15) is 0 Å². The number of ether oxygens (including phenoxy) is 2. The summed E-state index contributed by atoms with van der Waals surface area (Å²) in [7, 11) is 0. The number of benzene rings is 2. The van der Waals surface area contributed by atoms with E-state index in [0.29, 0.717) is 34.1 Å². The number of ketones is 1. The van der Waals surface area contributed by atoms with Gasteiger partial charge in [-0.15, -0.1) is 0 Å². The summed E-state index contributed by atoms with van der Waals surface area (Å²) in [5, 5.41) is 2.84. The smallest absolute Gasteiger partial charge is 0.287 e. The van der Waals surface area contributed by atoms with E-state index in [0.717, 1.165) is 6.42 Å². The van der Waals surface area contributed by atoms with E-state index in [1.807, 2.05) is 13.8 Å². The number of aryl methyl sites for hydroxylation is 1. The topological polar surface area (TPSA) is 98.1 Å². The van der Waals surface area contributed by atoms with E-state index >= 15 is 0 Å². The summed E-state index contributed by atoms with van der Waals surface area (Å²) >= 11 is 0. The van der Waals surface area contributed by atoms with Gasteiger partial charge in [0.05, 0.1) is 12.2 Å². The molecule has 0 unspecified atom stereocenters. The van der Waals surface area contributed by atoms with Gasteiger partial charge in [0.25, 0.3) is 11.8 Å². The number of amides is 2. The minimum Gasteiger partial charge on any atom is -0.485 e. The van der Waals surface area contributed by atoms with E-state index in [2.05, 4.69) is 5.32 Å². The molecule has 0 radical (unpaired) electrons. The highest BCUT2D eigenvalue weighted by molar-refractivity contribution is 6.02. The maximum atomic E-state index is 13.3.